The van der Waals surface area contributed by atoms with Crippen LogP contribution in [0.15, 0.2) is 0 Å². The van der Waals surface area contributed by atoms with Gasteiger partial charge in [0.2, 0.25) is 11.8 Å². The van der Waals surface area contributed by atoms with Crippen molar-refractivity contribution < 1.29 is 9.59 Å². The van der Waals surface area contributed by atoms with Gasteiger partial charge in [0, 0.05) is 25.4 Å². The van der Waals surface area contributed by atoms with Crippen LogP contribution in [0.1, 0.15) is 59.3 Å². The molecule has 1 N–H and O–H groups in total. The molecular formula is C20H35N3O2. The molecule has 5 unspecified atom stereocenters. The van der Waals surface area contributed by atoms with Crippen LogP contribution in [0.4, 0.5) is 0 Å². The lowest BCUT2D eigenvalue weighted by atomic mass is 9.72. The van der Waals surface area contributed by atoms with Crippen molar-refractivity contribution in [1.82, 2.24) is 15.1 Å². The zero-order chi connectivity index (χ0) is 18.1. The summed E-state index contributed by atoms with van der Waals surface area (Å²) in [6.45, 7) is 7.82. The first-order valence-corrected chi connectivity index (χ1v) is 10.2. The molecule has 0 radical (unpaired) electrons. The summed E-state index contributed by atoms with van der Waals surface area (Å²) in [5, 5.41) is 3.34. The Bertz CT molecular complexity index is 505. The van der Waals surface area contributed by atoms with Crippen molar-refractivity contribution in [3.8, 4) is 0 Å². The van der Waals surface area contributed by atoms with E-state index >= 15 is 0 Å². The lowest BCUT2D eigenvalue weighted by Crippen LogP contribution is -2.67. The highest BCUT2D eigenvalue weighted by Crippen LogP contribution is 2.41. The molecule has 1 aliphatic heterocycles. The van der Waals surface area contributed by atoms with E-state index in [1.165, 1.54) is 12.8 Å². The lowest BCUT2D eigenvalue weighted by Gasteiger charge is -2.54. The van der Waals surface area contributed by atoms with E-state index in [-0.39, 0.29) is 30.0 Å². The van der Waals surface area contributed by atoms with Gasteiger partial charge in [-0.1, -0.05) is 13.3 Å². The molecule has 1 heterocycles. The number of amides is 2. The fourth-order valence-corrected chi connectivity index (χ4v) is 5.35. The Hall–Kier alpha value is -1.10. The molecule has 2 saturated carbocycles. The molecule has 0 spiro atoms. The fraction of sp³-hybridized carbons (Fsp3) is 0.900. The fourth-order valence-electron chi connectivity index (χ4n) is 5.35. The summed E-state index contributed by atoms with van der Waals surface area (Å²) in [5.74, 6) is 2.09. The predicted molar refractivity (Wildman–Crippen MR) is 99.0 cm³/mol. The molecule has 0 bridgehead atoms. The number of nitrogens with one attached hydrogen (secondary N) is 1. The van der Waals surface area contributed by atoms with Crippen LogP contribution in [0.3, 0.4) is 0 Å². The second-order valence-electron chi connectivity index (χ2n) is 8.47. The molecule has 3 rings (SSSR count). The van der Waals surface area contributed by atoms with Gasteiger partial charge in [-0.05, 0) is 64.5 Å². The van der Waals surface area contributed by atoms with E-state index in [9.17, 15) is 9.59 Å². The van der Waals surface area contributed by atoms with Crippen molar-refractivity contribution in [2.45, 2.75) is 77.4 Å². The third kappa shape index (κ3) is 3.71. The molecular weight excluding hydrogens is 314 g/mol. The van der Waals surface area contributed by atoms with Gasteiger partial charge in [-0.25, -0.2) is 0 Å². The highest BCUT2D eigenvalue weighted by Gasteiger charge is 2.49. The molecule has 5 heteroatoms. The van der Waals surface area contributed by atoms with Crippen molar-refractivity contribution in [1.29, 1.82) is 0 Å². The molecule has 3 aliphatic rings. The Morgan fingerprint density at radius 1 is 1.16 bits per heavy atom. The van der Waals surface area contributed by atoms with Crippen LogP contribution in [-0.2, 0) is 9.59 Å². The smallest absolute Gasteiger partial charge is 0.226 e. The third-order valence-corrected chi connectivity index (χ3v) is 6.75. The van der Waals surface area contributed by atoms with Gasteiger partial charge in [0.05, 0.1) is 12.1 Å². The second kappa shape index (κ2) is 7.65. The predicted octanol–water partition coefficient (Wildman–Crippen LogP) is 2.26. The van der Waals surface area contributed by atoms with Crippen molar-refractivity contribution in [3.63, 3.8) is 0 Å². The highest BCUT2D eigenvalue weighted by molar-refractivity contribution is 5.82. The van der Waals surface area contributed by atoms with Gasteiger partial charge < -0.3 is 15.1 Å². The first kappa shape index (κ1) is 18.7. The van der Waals surface area contributed by atoms with E-state index < -0.39 is 0 Å². The van der Waals surface area contributed by atoms with E-state index in [0.29, 0.717) is 24.3 Å². The molecule has 2 amide bonds. The maximum Gasteiger partial charge on any atom is 0.226 e. The quantitative estimate of drug-likeness (QED) is 0.828. The van der Waals surface area contributed by atoms with E-state index in [0.717, 1.165) is 32.2 Å². The van der Waals surface area contributed by atoms with Crippen LogP contribution in [0.2, 0.25) is 0 Å². The maximum absolute atomic E-state index is 12.9. The molecule has 25 heavy (non-hydrogen) atoms. The second-order valence-corrected chi connectivity index (χ2v) is 8.47. The van der Waals surface area contributed by atoms with Crippen molar-refractivity contribution in [3.05, 3.63) is 0 Å². The molecule has 0 aromatic rings. The lowest BCUT2D eigenvalue weighted by molar-refractivity contribution is -0.155. The van der Waals surface area contributed by atoms with Crippen molar-refractivity contribution >= 4 is 11.8 Å². The number of piperazine rings is 1. The molecule has 0 aromatic carbocycles. The van der Waals surface area contributed by atoms with E-state index in [1.54, 1.807) is 6.92 Å². The highest BCUT2D eigenvalue weighted by atomic mass is 16.2. The van der Waals surface area contributed by atoms with Gasteiger partial charge in [0.25, 0.3) is 0 Å². The van der Waals surface area contributed by atoms with Gasteiger partial charge in [0.1, 0.15) is 0 Å². The van der Waals surface area contributed by atoms with Gasteiger partial charge in [-0.15, -0.1) is 0 Å². The van der Waals surface area contributed by atoms with Crippen molar-refractivity contribution in [2.75, 3.05) is 20.1 Å². The topological polar surface area (TPSA) is 52.7 Å². The molecule has 5 atom stereocenters. The third-order valence-electron chi connectivity index (χ3n) is 6.75. The Morgan fingerprint density at radius 2 is 1.88 bits per heavy atom. The Balaban J connectivity index is 1.81. The molecule has 0 aromatic heterocycles. The summed E-state index contributed by atoms with van der Waals surface area (Å²) < 4.78 is 0. The van der Waals surface area contributed by atoms with Gasteiger partial charge in [-0.2, -0.15) is 0 Å². The molecule has 3 fully saturated rings. The maximum atomic E-state index is 12.9. The standard InChI is InChI=1S/C20H35N3O2/c1-5-15(11-21-4)17-8-9-18-19(10-17)22(20(25)16-6-7-16)12-13(2)23(18)14(3)24/h13,15-19,21H,5-12H2,1-4H3. The van der Waals surface area contributed by atoms with Gasteiger partial charge in [-0.3, -0.25) is 9.59 Å². The molecule has 1 saturated heterocycles. The van der Waals surface area contributed by atoms with Crippen LogP contribution in [-0.4, -0.2) is 59.9 Å². The van der Waals surface area contributed by atoms with Gasteiger partial charge >= 0.3 is 0 Å². The normalized spacial score (nSPS) is 33.8. The largest absolute Gasteiger partial charge is 0.335 e. The van der Waals surface area contributed by atoms with Crippen molar-refractivity contribution in [2.24, 2.45) is 17.8 Å². The number of carbonyl (C=O) groups excluding carboxylic acids is 2. The average Bonchev–Trinajstić information content (AvgIpc) is 3.42. The van der Waals surface area contributed by atoms with Crippen LogP contribution < -0.4 is 5.32 Å². The summed E-state index contributed by atoms with van der Waals surface area (Å²) in [4.78, 5) is 29.4. The summed E-state index contributed by atoms with van der Waals surface area (Å²) in [6.07, 6.45) is 6.54. The summed E-state index contributed by atoms with van der Waals surface area (Å²) in [6, 6.07) is 0.572. The van der Waals surface area contributed by atoms with E-state index in [2.05, 4.69) is 29.0 Å². The number of rotatable bonds is 5. The number of nitrogens with zero attached hydrogens (tertiary/aromatic N) is 2. The minimum atomic E-state index is 0.136. The Labute approximate surface area is 152 Å². The SMILES string of the molecule is CCC(CNC)C1CCC2C(C1)N(C(=O)C1CC1)CC(C)N2C(C)=O. The zero-order valence-corrected chi connectivity index (χ0v) is 16.3. The first-order chi connectivity index (χ1) is 12.0. The van der Waals surface area contributed by atoms with Crippen LogP contribution in [0, 0.1) is 17.8 Å². The monoisotopic (exact) mass is 349 g/mol. The van der Waals surface area contributed by atoms with Crippen LogP contribution >= 0.6 is 0 Å². The Morgan fingerprint density at radius 3 is 2.44 bits per heavy atom. The average molecular weight is 350 g/mol. The molecule has 142 valence electrons. The van der Waals surface area contributed by atoms with E-state index in [1.807, 2.05) is 7.05 Å². The number of hydrogen-bond acceptors (Lipinski definition) is 3. The molecule has 5 nitrogen and oxygen atoms in total. The number of hydrogen-bond donors (Lipinski definition) is 1. The Kier molecular flexibility index (Phi) is 5.71. The summed E-state index contributed by atoms with van der Waals surface area (Å²) in [7, 11) is 2.02. The van der Waals surface area contributed by atoms with Crippen LogP contribution in [0.5, 0.6) is 0 Å². The van der Waals surface area contributed by atoms with Gasteiger partial charge in [0.15, 0.2) is 0 Å². The number of carbonyl (C=O) groups is 2. The summed E-state index contributed by atoms with van der Waals surface area (Å²) in [5.41, 5.74) is 0. The number of fused-ring (bicyclic) bond motifs is 1. The van der Waals surface area contributed by atoms with E-state index in [4.69, 9.17) is 0 Å². The first-order valence-electron chi connectivity index (χ1n) is 10.2. The molecule has 2 aliphatic carbocycles. The minimum absolute atomic E-state index is 0.136. The summed E-state index contributed by atoms with van der Waals surface area (Å²) >= 11 is 0. The zero-order valence-electron chi connectivity index (χ0n) is 16.3. The minimum Gasteiger partial charge on any atom is -0.335 e. The van der Waals surface area contributed by atoms with Crippen LogP contribution in [0.25, 0.3) is 0 Å².